The number of thiophene rings is 1. The van der Waals surface area contributed by atoms with Crippen LogP contribution in [-0.2, 0) is 4.74 Å². The molecule has 0 bridgehead atoms. The van der Waals surface area contributed by atoms with Crippen molar-refractivity contribution < 1.29 is 4.74 Å². The van der Waals surface area contributed by atoms with Gasteiger partial charge in [0.05, 0.1) is 24.3 Å². The molecular formula is C12H19ClN2OS. The van der Waals surface area contributed by atoms with Gasteiger partial charge >= 0.3 is 0 Å². The minimum atomic E-state index is -0.0989. The van der Waals surface area contributed by atoms with E-state index in [4.69, 9.17) is 22.1 Å². The molecule has 1 unspecified atom stereocenters. The molecule has 1 aliphatic heterocycles. The zero-order valence-electron chi connectivity index (χ0n) is 10.3. The van der Waals surface area contributed by atoms with E-state index in [0.29, 0.717) is 0 Å². The molecule has 0 radical (unpaired) electrons. The molecular weight excluding hydrogens is 256 g/mol. The van der Waals surface area contributed by atoms with E-state index in [1.54, 1.807) is 11.3 Å². The Morgan fingerprint density at radius 3 is 2.65 bits per heavy atom. The molecule has 96 valence electrons. The third-order valence-electron chi connectivity index (χ3n) is 3.51. The Morgan fingerprint density at radius 2 is 2.12 bits per heavy atom. The Morgan fingerprint density at radius 1 is 1.47 bits per heavy atom. The third-order valence-corrected chi connectivity index (χ3v) is 4.96. The van der Waals surface area contributed by atoms with E-state index in [2.05, 4.69) is 18.7 Å². The van der Waals surface area contributed by atoms with Gasteiger partial charge < -0.3 is 10.5 Å². The maximum atomic E-state index is 6.39. The van der Waals surface area contributed by atoms with Crippen molar-refractivity contribution in [1.82, 2.24) is 4.90 Å². The molecule has 17 heavy (non-hydrogen) atoms. The van der Waals surface area contributed by atoms with E-state index in [1.807, 2.05) is 11.4 Å². The highest BCUT2D eigenvalue weighted by molar-refractivity contribution is 7.10. The summed E-state index contributed by atoms with van der Waals surface area (Å²) >= 11 is 7.80. The van der Waals surface area contributed by atoms with E-state index in [-0.39, 0.29) is 11.6 Å². The molecule has 2 heterocycles. The number of ether oxygens (including phenoxy) is 1. The van der Waals surface area contributed by atoms with E-state index in [0.717, 1.165) is 36.2 Å². The Balaban J connectivity index is 2.16. The average Bonchev–Trinajstić information content (AvgIpc) is 2.75. The van der Waals surface area contributed by atoms with Crippen LogP contribution in [-0.4, -0.2) is 36.7 Å². The van der Waals surface area contributed by atoms with Crippen LogP contribution in [0.25, 0.3) is 0 Å². The van der Waals surface area contributed by atoms with Crippen LogP contribution in [0.1, 0.15) is 24.8 Å². The van der Waals surface area contributed by atoms with Crippen molar-refractivity contribution in [3.63, 3.8) is 0 Å². The Kier molecular flexibility index (Phi) is 4.10. The van der Waals surface area contributed by atoms with Gasteiger partial charge in [-0.1, -0.05) is 11.6 Å². The van der Waals surface area contributed by atoms with Gasteiger partial charge in [0.1, 0.15) is 0 Å². The van der Waals surface area contributed by atoms with Gasteiger partial charge in [0.2, 0.25) is 0 Å². The zero-order chi connectivity index (χ0) is 12.5. The number of hydrogen-bond acceptors (Lipinski definition) is 4. The van der Waals surface area contributed by atoms with Crippen molar-refractivity contribution in [1.29, 1.82) is 0 Å². The zero-order valence-corrected chi connectivity index (χ0v) is 11.9. The molecule has 3 nitrogen and oxygen atoms in total. The molecule has 0 saturated carbocycles. The number of morpholine rings is 1. The highest BCUT2D eigenvalue weighted by Gasteiger charge is 2.36. The maximum absolute atomic E-state index is 6.39. The summed E-state index contributed by atoms with van der Waals surface area (Å²) in [6.07, 6.45) is 0. The van der Waals surface area contributed by atoms with Crippen molar-refractivity contribution in [3.05, 3.63) is 21.3 Å². The van der Waals surface area contributed by atoms with Gasteiger partial charge in [-0.15, -0.1) is 11.3 Å². The van der Waals surface area contributed by atoms with Gasteiger partial charge in [-0.25, -0.2) is 0 Å². The molecule has 1 aromatic heterocycles. The van der Waals surface area contributed by atoms with Crippen LogP contribution in [0.3, 0.4) is 0 Å². The molecule has 0 aromatic carbocycles. The van der Waals surface area contributed by atoms with E-state index >= 15 is 0 Å². The van der Waals surface area contributed by atoms with Gasteiger partial charge in [0, 0.05) is 23.5 Å². The minimum Gasteiger partial charge on any atom is -0.379 e. The van der Waals surface area contributed by atoms with E-state index in [9.17, 15) is 0 Å². The van der Waals surface area contributed by atoms with Crippen molar-refractivity contribution in [2.45, 2.75) is 25.4 Å². The summed E-state index contributed by atoms with van der Waals surface area (Å²) in [5, 5.41) is 2.77. The Hall–Kier alpha value is -0.130. The lowest BCUT2D eigenvalue weighted by molar-refractivity contribution is -0.0186. The van der Waals surface area contributed by atoms with Gasteiger partial charge in [-0.05, 0) is 25.3 Å². The quantitative estimate of drug-likeness (QED) is 0.920. The minimum absolute atomic E-state index is 0.0619. The molecule has 1 atom stereocenters. The molecule has 0 spiro atoms. The summed E-state index contributed by atoms with van der Waals surface area (Å²) in [5.74, 6) is 0. The average molecular weight is 275 g/mol. The molecule has 1 aliphatic rings. The fourth-order valence-corrected chi connectivity index (χ4v) is 3.54. The summed E-state index contributed by atoms with van der Waals surface area (Å²) < 4.78 is 5.38. The van der Waals surface area contributed by atoms with Crippen LogP contribution in [0.5, 0.6) is 0 Å². The van der Waals surface area contributed by atoms with Gasteiger partial charge in [0.15, 0.2) is 0 Å². The molecule has 0 amide bonds. The molecule has 2 rings (SSSR count). The van der Waals surface area contributed by atoms with Gasteiger partial charge in [0.25, 0.3) is 0 Å². The van der Waals surface area contributed by atoms with E-state index < -0.39 is 0 Å². The second-order valence-electron chi connectivity index (χ2n) is 4.86. The number of rotatable bonds is 3. The topological polar surface area (TPSA) is 38.5 Å². The first-order valence-corrected chi connectivity index (χ1v) is 7.10. The van der Waals surface area contributed by atoms with Gasteiger partial charge in [-0.3, -0.25) is 4.90 Å². The molecule has 5 heteroatoms. The smallest absolute Gasteiger partial charge is 0.0594 e. The normalized spacial score (nSPS) is 20.5. The first kappa shape index (κ1) is 13.3. The third kappa shape index (κ3) is 2.66. The standard InChI is InChI=1S/C12H19ClN2OS/c1-12(2,15-4-6-16-7-5-15)11(14)10-9(13)3-8-17-10/h3,8,11H,4-7,14H2,1-2H3. The van der Waals surface area contributed by atoms with Crippen LogP contribution in [0.4, 0.5) is 0 Å². The lowest BCUT2D eigenvalue weighted by atomic mass is 9.91. The van der Waals surface area contributed by atoms with Crippen LogP contribution in [0, 0.1) is 0 Å². The van der Waals surface area contributed by atoms with Gasteiger partial charge in [-0.2, -0.15) is 0 Å². The Bertz CT molecular complexity index is 374. The predicted molar refractivity (Wildman–Crippen MR) is 72.7 cm³/mol. The lowest BCUT2D eigenvalue weighted by Crippen LogP contribution is -2.55. The van der Waals surface area contributed by atoms with Crippen LogP contribution in [0.15, 0.2) is 11.4 Å². The largest absolute Gasteiger partial charge is 0.379 e. The second kappa shape index (κ2) is 5.24. The summed E-state index contributed by atoms with van der Waals surface area (Å²) in [5.41, 5.74) is 6.29. The summed E-state index contributed by atoms with van der Waals surface area (Å²) in [7, 11) is 0. The summed E-state index contributed by atoms with van der Waals surface area (Å²) in [4.78, 5) is 3.46. The predicted octanol–water partition coefficient (Wildman–Crippen LogP) is 2.51. The van der Waals surface area contributed by atoms with Crippen molar-refractivity contribution in [2.75, 3.05) is 26.3 Å². The van der Waals surface area contributed by atoms with E-state index in [1.165, 1.54) is 0 Å². The summed E-state index contributed by atoms with van der Waals surface area (Å²) in [6, 6.07) is 1.85. The molecule has 0 aliphatic carbocycles. The number of nitrogens with two attached hydrogens (primary N) is 1. The monoisotopic (exact) mass is 274 g/mol. The molecule has 1 aromatic rings. The summed E-state index contributed by atoms with van der Waals surface area (Å²) in [6.45, 7) is 7.80. The number of nitrogens with zero attached hydrogens (tertiary/aromatic N) is 1. The second-order valence-corrected chi connectivity index (χ2v) is 6.22. The first-order valence-electron chi connectivity index (χ1n) is 5.84. The lowest BCUT2D eigenvalue weighted by Gasteiger charge is -2.44. The molecule has 1 fully saturated rings. The van der Waals surface area contributed by atoms with Crippen molar-refractivity contribution in [2.24, 2.45) is 5.73 Å². The van der Waals surface area contributed by atoms with Crippen LogP contribution < -0.4 is 5.73 Å². The highest BCUT2D eigenvalue weighted by atomic mass is 35.5. The number of hydrogen-bond donors (Lipinski definition) is 1. The van der Waals surface area contributed by atoms with Crippen LogP contribution >= 0.6 is 22.9 Å². The number of halogens is 1. The SMILES string of the molecule is CC(C)(C(N)c1sccc1Cl)N1CCOCC1. The highest BCUT2D eigenvalue weighted by Crippen LogP contribution is 2.36. The Labute approximate surface area is 112 Å². The molecule has 2 N–H and O–H groups in total. The fraction of sp³-hybridized carbons (Fsp3) is 0.667. The fourth-order valence-electron chi connectivity index (χ4n) is 2.18. The van der Waals surface area contributed by atoms with Crippen molar-refractivity contribution in [3.8, 4) is 0 Å². The van der Waals surface area contributed by atoms with Crippen LogP contribution in [0.2, 0.25) is 5.02 Å². The first-order chi connectivity index (χ1) is 8.03. The maximum Gasteiger partial charge on any atom is 0.0594 e. The molecule has 1 saturated heterocycles. The van der Waals surface area contributed by atoms with Crippen molar-refractivity contribution >= 4 is 22.9 Å².